The standard InChI is InChI=1S/C16H21NO4/c1-3-12-9-10-17(15(19)14(12)11(2)18)16(20)21-13-7-5-4-6-8-13/h4-8,11-12,14,18H,3,9-10H2,1-2H3/t11-,12-,14+/m1/s1. The van der Waals surface area contributed by atoms with Crippen LogP contribution in [0.5, 0.6) is 5.75 Å². The maximum atomic E-state index is 12.4. The van der Waals surface area contributed by atoms with Crippen LogP contribution in [0.4, 0.5) is 4.79 Å². The van der Waals surface area contributed by atoms with E-state index >= 15 is 0 Å². The highest BCUT2D eigenvalue weighted by molar-refractivity contribution is 5.95. The van der Waals surface area contributed by atoms with Gasteiger partial charge in [0.25, 0.3) is 0 Å². The first-order valence-electron chi connectivity index (χ1n) is 7.31. The van der Waals surface area contributed by atoms with Crippen molar-refractivity contribution in [2.45, 2.75) is 32.8 Å². The molecule has 0 aliphatic carbocycles. The monoisotopic (exact) mass is 291 g/mol. The Bertz CT molecular complexity index is 500. The zero-order chi connectivity index (χ0) is 15.4. The van der Waals surface area contributed by atoms with E-state index in [1.54, 1.807) is 31.2 Å². The van der Waals surface area contributed by atoms with Gasteiger partial charge in [0.2, 0.25) is 5.91 Å². The summed E-state index contributed by atoms with van der Waals surface area (Å²) in [5.41, 5.74) is 0. The molecule has 1 aliphatic heterocycles. The molecule has 1 aromatic carbocycles. The van der Waals surface area contributed by atoms with Crippen LogP contribution in [0.3, 0.4) is 0 Å². The molecule has 5 heteroatoms. The molecular formula is C16H21NO4. The SMILES string of the molecule is CC[C@@H]1CCN(C(=O)Oc2ccccc2)C(=O)[C@H]1[C@@H](C)O. The minimum Gasteiger partial charge on any atom is -0.410 e. The van der Waals surface area contributed by atoms with E-state index in [1.165, 1.54) is 0 Å². The van der Waals surface area contributed by atoms with Crippen molar-refractivity contribution in [1.82, 2.24) is 4.90 Å². The minimum atomic E-state index is -0.769. The molecule has 5 nitrogen and oxygen atoms in total. The number of aliphatic hydroxyl groups excluding tert-OH is 1. The largest absolute Gasteiger partial charge is 0.421 e. The number of aliphatic hydroxyl groups is 1. The van der Waals surface area contributed by atoms with Crippen molar-refractivity contribution in [3.8, 4) is 5.75 Å². The normalized spacial score (nSPS) is 23.8. The molecule has 1 N–H and O–H groups in total. The Balaban J connectivity index is 2.09. The predicted molar refractivity (Wildman–Crippen MR) is 77.7 cm³/mol. The highest BCUT2D eigenvalue weighted by Crippen LogP contribution is 2.30. The molecule has 114 valence electrons. The molecule has 0 spiro atoms. The Morgan fingerprint density at radius 2 is 2.10 bits per heavy atom. The fraction of sp³-hybridized carbons (Fsp3) is 0.500. The lowest BCUT2D eigenvalue weighted by Gasteiger charge is -2.37. The van der Waals surface area contributed by atoms with Gasteiger partial charge in [0.05, 0.1) is 12.0 Å². The molecular weight excluding hydrogens is 270 g/mol. The van der Waals surface area contributed by atoms with Gasteiger partial charge >= 0.3 is 6.09 Å². The lowest BCUT2D eigenvalue weighted by atomic mass is 9.80. The third-order valence-corrected chi connectivity index (χ3v) is 4.00. The number of carbonyl (C=O) groups is 2. The summed E-state index contributed by atoms with van der Waals surface area (Å²) in [6.07, 6.45) is 0.0612. The lowest BCUT2D eigenvalue weighted by Crippen LogP contribution is -2.52. The molecule has 0 radical (unpaired) electrons. The van der Waals surface area contributed by atoms with Crippen LogP contribution >= 0.6 is 0 Å². The first kappa shape index (κ1) is 15.5. The fourth-order valence-electron chi connectivity index (χ4n) is 2.85. The Morgan fingerprint density at radius 3 is 2.67 bits per heavy atom. The van der Waals surface area contributed by atoms with Gasteiger partial charge in [0.1, 0.15) is 5.75 Å². The third kappa shape index (κ3) is 3.42. The number of hydrogen-bond acceptors (Lipinski definition) is 4. The molecule has 2 rings (SSSR count). The van der Waals surface area contributed by atoms with Crippen LogP contribution in [-0.4, -0.2) is 34.7 Å². The van der Waals surface area contributed by atoms with Gasteiger partial charge in [-0.15, -0.1) is 0 Å². The number of benzene rings is 1. The third-order valence-electron chi connectivity index (χ3n) is 4.00. The van der Waals surface area contributed by atoms with Crippen LogP contribution < -0.4 is 4.74 Å². The van der Waals surface area contributed by atoms with Gasteiger partial charge in [-0.2, -0.15) is 0 Å². The molecule has 0 aromatic heterocycles. The molecule has 0 unspecified atom stereocenters. The molecule has 1 aliphatic rings. The average molecular weight is 291 g/mol. The van der Waals surface area contributed by atoms with E-state index in [2.05, 4.69) is 0 Å². The number of amides is 2. The van der Waals surface area contributed by atoms with Crippen molar-refractivity contribution < 1.29 is 19.4 Å². The van der Waals surface area contributed by atoms with Crippen LogP contribution in [0.25, 0.3) is 0 Å². The van der Waals surface area contributed by atoms with Gasteiger partial charge in [-0.1, -0.05) is 31.5 Å². The molecule has 21 heavy (non-hydrogen) atoms. The summed E-state index contributed by atoms with van der Waals surface area (Å²) in [5.74, 6) is -0.365. The molecule has 0 bridgehead atoms. The molecule has 0 saturated carbocycles. The number of hydrogen-bond donors (Lipinski definition) is 1. The van der Waals surface area contributed by atoms with Gasteiger partial charge in [-0.25, -0.2) is 9.69 Å². The predicted octanol–water partition coefficient (Wildman–Crippen LogP) is 2.44. The molecule has 1 saturated heterocycles. The summed E-state index contributed by atoms with van der Waals surface area (Å²) in [6, 6.07) is 8.65. The van der Waals surface area contributed by atoms with Gasteiger partial charge in [0, 0.05) is 6.54 Å². The van der Waals surface area contributed by atoms with Crippen LogP contribution in [0.2, 0.25) is 0 Å². The highest BCUT2D eigenvalue weighted by atomic mass is 16.6. The van der Waals surface area contributed by atoms with Gasteiger partial charge in [0.15, 0.2) is 0 Å². The van der Waals surface area contributed by atoms with Crippen molar-refractivity contribution >= 4 is 12.0 Å². The van der Waals surface area contributed by atoms with Crippen LogP contribution in [0.15, 0.2) is 30.3 Å². The fourth-order valence-corrected chi connectivity index (χ4v) is 2.85. The molecule has 1 fully saturated rings. The van der Waals surface area contributed by atoms with Crippen LogP contribution in [0.1, 0.15) is 26.7 Å². The summed E-state index contributed by atoms with van der Waals surface area (Å²) < 4.78 is 5.21. The summed E-state index contributed by atoms with van der Waals surface area (Å²) in [4.78, 5) is 25.7. The molecule has 2 amide bonds. The summed E-state index contributed by atoms with van der Waals surface area (Å²) in [7, 11) is 0. The van der Waals surface area contributed by atoms with Crippen molar-refractivity contribution in [3.63, 3.8) is 0 Å². The van der Waals surface area contributed by atoms with Gasteiger partial charge < -0.3 is 9.84 Å². The number of rotatable bonds is 3. The number of ether oxygens (including phenoxy) is 1. The number of imide groups is 1. The number of para-hydroxylation sites is 1. The maximum absolute atomic E-state index is 12.4. The van der Waals surface area contributed by atoms with Crippen molar-refractivity contribution in [3.05, 3.63) is 30.3 Å². The van der Waals surface area contributed by atoms with E-state index in [0.717, 1.165) is 11.3 Å². The van der Waals surface area contributed by atoms with E-state index < -0.39 is 18.1 Å². The maximum Gasteiger partial charge on any atom is 0.421 e. The molecule has 1 heterocycles. The Morgan fingerprint density at radius 1 is 1.43 bits per heavy atom. The van der Waals surface area contributed by atoms with E-state index in [-0.39, 0.29) is 11.8 Å². The van der Waals surface area contributed by atoms with Crippen molar-refractivity contribution in [1.29, 1.82) is 0 Å². The molecule has 3 atom stereocenters. The van der Waals surface area contributed by atoms with Gasteiger partial charge in [-0.05, 0) is 31.4 Å². The smallest absolute Gasteiger partial charge is 0.410 e. The number of piperidine rings is 1. The zero-order valence-electron chi connectivity index (χ0n) is 12.4. The van der Waals surface area contributed by atoms with Crippen molar-refractivity contribution in [2.75, 3.05) is 6.54 Å². The van der Waals surface area contributed by atoms with E-state index in [0.29, 0.717) is 18.7 Å². The first-order valence-corrected chi connectivity index (χ1v) is 7.31. The molecule has 1 aromatic rings. The summed E-state index contributed by atoms with van der Waals surface area (Å²) in [5, 5.41) is 9.84. The lowest BCUT2D eigenvalue weighted by molar-refractivity contribution is -0.143. The van der Waals surface area contributed by atoms with Crippen LogP contribution in [0, 0.1) is 11.8 Å². The van der Waals surface area contributed by atoms with E-state index in [1.807, 2.05) is 13.0 Å². The minimum absolute atomic E-state index is 0.110. The summed E-state index contributed by atoms with van der Waals surface area (Å²) in [6.45, 7) is 3.93. The Labute approximate surface area is 124 Å². The second kappa shape index (κ2) is 6.72. The van der Waals surface area contributed by atoms with Crippen LogP contribution in [-0.2, 0) is 4.79 Å². The first-order chi connectivity index (χ1) is 10.0. The zero-order valence-corrected chi connectivity index (χ0v) is 12.4. The van der Waals surface area contributed by atoms with Gasteiger partial charge in [-0.3, -0.25) is 4.79 Å². The Kier molecular flexibility index (Phi) is 4.96. The average Bonchev–Trinajstić information content (AvgIpc) is 2.47. The highest BCUT2D eigenvalue weighted by Gasteiger charge is 2.41. The van der Waals surface area contributed by atoms with E-state index in [4.69, 9.17) is 4.74 Å². The number of nitrogens with zero attached hydrogens (tertiary/aromatic N) is 1. The summed E-state index contributed by atoms with van der Waals surface area (Å²) >= 11 is 0. The quantitative estimate of drug-likeness (QED) is 0.929. The Hall–Kier alpha value is -1.88. The number of carbonyl (C=O) groups excluding carboxylic acids is 2. The van der Waals surface area contributed by atoms with Crippen molar-refractivity contribution in [2.24, 2.45) is 11.8 Å². The van der Waals surface area contributed by atoms with E-state index in [9.17, 15) is 14.7 Å². The number of likely N-dealkylation sites (tertiary alicyclic amines) is 1. The second-order valence-corrected chi connectivity index (χ2v) is 5.39. The second-order valence-electron chi connectivity index (χ2n) is 5.39. The topological polar surface area (TPSA) is 66.8 Å².